The summed E-state index contributed by atoms with van der Waals surface area (Å²) in [6, 6.07) is 4.32. The molecular weight excluding hydrogens is 361 g/mol. The molecular formula is C16H18FN5O3S. The zero-order valence-electron chi connectivity index (χ0n) is 14.0. The second-order valence-electron chi connectivity index (χ2n) is 5.84. The molecule has 10 heteroatoms. The predicted octanol–water partition coefficient (Wildman–Crippen LogP) is 2.19. The zero-order valence-corrected chi connectivity index (χ0v) is 14.8. The number of halogens is 1. The number of rotatable bonds is 7. The van der Waals surface area contributed by atoms with Gasteiger partial charge in [0.25, 0.3) is 0 Å². The summed E-state index contributed by atoms with van der Waals surface area (Å²) >= 11 is 1.31. The van der Waals surface area contributed by atoms with Crippen molar-refractivity contribution in [3.63, 3.8) is 0 Å². The molecule has 0 atom stereocenters. The normalized spacial score (nSPS) is 14.3. The number of aliphatic imine (C=N–C) groups is 1. The van der Waals surface area contributed by atoms with Gasteiger partial charge in [-0.15, -0.1) is 0 Å². The number of hydroxylamine groups is 1. The van der Waals surface area contributed by atoms with Gasteiger partial charge in [0.15, 0.2) is 16.6 Å². The van der Waals surface area contributed by atoms with Crippen molar-refractivity contribution in [3.05, 3.63) is 35.3 Å². The van der Waals surface area contributed by atoms with Crippen molar-refractivity contribution in [1.29, 1.82) is 0 Å². The maximum Gasteiger partial charge on any atom is 0.223 e. The standard InChI is InChI=1S/C16H18FN5O3S/c1-9-8-11(4-5-12(9)17)19-14(20-24)13-16(22-25-21-13)26-7-6-18-15(23)10-2-3-10/h4-5,8,10,24H,2-3,6-7H2,1H3,(H,18,23)(H,19,20). The summed E-state index contributed by atoms with van der Waals surface area (Å²) in [4.78, 5) is 15.8. The van der Waals surface area contributed by atoms with Crippen LogP contribution in [0, 0.1) is 18.7 Å². The Bertz CT molecular complexity index is 822. The van der Waals surface area contributed by atoms with Crippen LogP contribution >= 0.6 is 11.8 Å². The number of benzene rings is 1. The molecule has 138 valence electrons. The topological polar surface area (TPSA) is 113 Å². The number of carbonyl (C=O) groups is 1. The lowest BCUT2D eigenvalue weighted by Crippen LogP contribution is -2.27. The van der Waals surface area contributed by atoms with Crippen LogP contribution in [0.4, 0.5) is 10.1 Å². The van der Waals surface area contributed by atoms with Crippen molar-refractivity contribution >= 4 is 29.2 Å². The fourth-order valence-corrected chi connectivity index (χ4v) is 2.94. The third-order valence-electron chi connectivity index (χ3n) is 3.76. The first-order valence-electron chi connectivity index (χ1n) is 8.07. The van der Waals surface area contributed by atoms with Gasteiger partial charge in [-0.3, -0.25) is 15.5 Å². The van der Waals surface area contributed by atoms with Crippen LogP contribution in [0.15, 0.2) is 32.8 Å². The van der Waals surface area contributed by atoms with Crippen molar-refractivity contribution in [1.82, 2.24) is 21.1 Å². The van der Waals surface area contributed by atoms with Crippen molar-refractivity contribution in [2.75, 3.05) is 12.3 Å². The molecule has 0 aliphatic heterocycles. The van der Waals surface area contributed by atoms with Gasteiger partial charge < -0.3 is 5.32 Å². The van der Waals surface area contributed by atoms with Crippen LogP contribution in [0.1, 0.15) is 24.1 Å². The van der Waals surface area contributed by atoms with E-state index < -0.39 is 0 Å². The van der Waals surface area contributed by atoms with Gasteiger partial charge in [0.1, 0.15) is 5.82 Å². The molecule has 1 aliphatic carbocycles. The first-order valence-corrected chi connectivity index (χ1v) is 9.05. The maximum atomic E-state index is 13.4. The minimum atomic E-state index is -0.338. The molecule has 1 amide bonds. The number of amides is 1. The van der Waals surface area contributed by atoms with Crippen LogP contribution in [0.3, 0.4) is 0 Å². The zero-order chi connectivity index (χ0) is 18.5. The largest absolute Gasteiger partial charge is 0.355 e. The highest BCUT2D eigenvalue weighted by atomic mass is 32.2. The van der Waals surface area contributed by atoms with Crippen LogP contribution in [0.25, 0.3) is 0 Å². The average molecular weight is 379 g/mol. The number of nitrogens with one attached hydrogen (secondary N) is 2. The van der Waals surface area contributed by atoms with Crippen LogP contribution in [-0.4, -0.2) is 39.6 Å². The molecule has 26 heavy (non-hydrogen) atoms. The first kappa shape index (κ1) is 18.3. The molecule has 8 nitrogen and oxygen atoms in total. The summed E-state index contributed by atoms with van der Waals surface area (Å²) < 4.78 is 18.1. The summed E-state index contributed by atoms with van der Waals surface area (Å²) in [6.45, 7) is 2.11. The molecule has 3 N–H and O–H groups in total. The molecule has 1 saturated carbocycles. The van der Waals surface area contributed by atoms with Crippen molar-refractivity contribution in [2.45, 2.75) is 24.8 Å². The highest BCUT2D eigenvalue weighted by Gasteiger charge is 2.29. The van der Waals surface area contributed by atoms with Gasteiger partial charge in [-0.05, 0) is 53.8 Å². The summed E-state index contributed by atoms with van der Waals surface area (Å²) in [5, 5.41) is 20.2. The van der Waals surface area contributed by atoms with E-state index in [1.807, 2.05) is 5.48 Å². The Hall–Kier alpha value is -2.46. The van der Waals surface area contributed by atoms with Crippen LogP contribution in [-0.2, 0) is 4.79 Å². The summed E-state index contributed by atoms with van der Waals surface area (Å²) in [5.74, 6) is 0.501. The van der Waals surface area contributed by atoms with E-state index in [1.54, 1.807) is 13.0 Å². The lowest BCUT2D eigenvalue weighted by molar-refractivity contribution is -0.122. The molecule has 1 aliphatic rings. The third kappa shape index (κ3) is 4.58. The van der Waals surface area contributed by atoms with Crippen LogP contribution in [0.5, 0.6) is 0 Å². The third-order valence-corrected chi connectivity index (χ3v) is 4.71. The number of carbonyl (C=O) groups excluding carboxylic acids is 1. The van der Waals surface area contributed by atoms with Gasteiger partial charge in [0.2, 0.25) is 5.91 Å². The van der Waals surface area contributed by atoms with Gasteiger partial charge in [-0.2, -0.15) is 0 Å². The Labute approximate surface area is 153 Å². The molecule has 1 aromatic carbocycles. The van der Waals surface area contributed by atoms with Gasteiger partial charge in [0, 0.05) is 18.2 Å². The van der Waals surface area contributed by atoms with Gasteiger partial charge >= 0.3 is 0 Å². The molecule has 0 unspecified atom stereocenters. The second kappa shape index (κ2) is 8.28. The van der Waals surface area contributed by atoms with E-state index in [-0.39, 0.29) is 29.2 Å². The van der Waals surface area contributed by atoms with Crippen molar-refractivity contribution in [2.24, 2.45) is 10.9 Å². The Kier molecular flexibility index (Phi) is 5.84. The van der Waals surface area contributed by atoms with E-state index in [1.165, 1.54) is 23.9 Å². The monoisotopic (exact) mass is 379 g/mol. The Balaban J connectivity index is 1.65. The number of hydrogen-bond acceptors (Lipinski definition) is 7. The fourth-order valence-electron chi connectivity index (χ4n) is 2.19. The maximum absolute atomic E-state index is 13.4. The summed E-state index contributed by atoms with van der Waals surface area (Å²) in [7, 11) is 0. The van der Waals surface area contributed by atoms with Gasteiger partial charge in [-0.25, -0.2) is 14.0 Å². The minimum Gasteiger partial charge on any atom is -0.355 e. The molecule has 1 fully saturated rings. The highest BCUT2D eigenvalue weighted by Crippen LogP contribution is 2.28. The predicted molar refractivity (Wildman–Crippen MR) is 93.0 cm³/mol. The molecule has 1 aromatic heterocycles. The van der Waals surface area contributed by atoms with Crippen molar-refractivity contribution < 1.29 is 19.0 Å². The van der Waals surface area contributed by atoms with E-state index in [0.29, 0.717) is 28.6 Å². The van der Waals surface area contributed by atoms with Gasteiger partial charge in [0.05, 0.1) is 5.69 Å². The molecule has 0 spiro atoms. The average Bonchev–Trinajstić information content (AvgIpc) is 3.39. The molecule has 0 bridgehead atoms. The van der Waals surface area contributed by atoms with Crippen LogP contribution < -0.4 is 10.8 Å². The number of hydrogen-bond donors (Lipinski definition) is 3. The lowest BCUT2D eigenvalue weighted by Gasteiger charge is -2.05. The quantitative estimate of drug-likeness (QED) is 0.222. The number of aryl methyl sites for hydroxylation is 1. The Morgan fingerprint density at radius 2 is 2.27 bits per heavy atom. The van der Waals surface area contributed by atoms with E-state index >= 15 is 0 Å². The summed E-state index contributed by atoms with van der Waals surface area (Å²) in [6.07, 6.45) is 1.92. The number of aromatic nitrogens is 2. The molecule has 2 aromatic rings. The Morgan fingerprint density at radius 3 is 2.96 bits per heavy atom. The summed E-state index contributed by atoms with van der Waals surface area (Å²) in [5.41, 5.74) is 3.07. The molecule has 0 radical (unpaired) electrons. The number of amidine groups is 1. The number of thioether (sulfide) groups is 1. The highest BCUT2D eigenvalue weighted by molar-refractivity contribution is 7.99. The fraction of sp³-hybridized carbons (Fsp3) is 0.375. The lowest BCUT2D eigenvalue weighted by atomic mass is 10.2. The van der Waals surface area contributed by atoms with Crippen LogP contribution in [0.2, 0.25) is 0 Å². The second-order valence-corrected chi connectivity index (χ2v) is 6.92. The smallest absolute Gasteiger partial charge is 0.223 e. The van der Waals surface area contributed by atoms with E-state index in [9.17, 15) is 14.4 Å². The molecule has 0 saturated heterocycles. The SMILES string of the molecule is Cc1cc(N=C(NO)c2nonc2SCCNC(=O)C2CC2)ccc1F. The molecule has 1 heterocycles. The van der Waals surface area contributed by atoms with E-state index in [4.69, 9.17) is 4.63 Å². The van der Waals surface area contributed by atoms with E-state index in [2.05, 4.69) is 20.6 Å². The first-order chi connectivity index (χ1) is 12.6. The Morgan fingerprint density at radius 1 is 1.46 bits per heavy atom. The number of nitrogens with zero attached hydrogens (tertiary/aromatic N) is 3. The van der Waals surface area contributed by atoms with Crippen molar-refractivity contribution in [3.8, 4) is 0 Å². The molecule has 3 rings (SSSR count). The minimum absolute atomic E-state index is 0.0294. The van der Waals surface area contributed by atoms with Gasteiger partial charge in [-0.1, -0.05) is 11.8 Å². The van der Waals surface area contributed by atoms with E-state index in [0.717, 1.165) is 12.8 Å².